The van der Waals surface area contributed by atoms with Crippen molar-refractivity contribution < 1.29 is 19.1 Å². The fourth-order valence-electron chi connectivity index (χ4n) is 1.20. The molecular formula is C14H23NO4. The molecule has 0 aliphatic rings. The first kappa shape index (κ1) is 17.2. The van der Waals surface area contributed by atoms with Gasteiger partial charge in [-0.15, -0.1) is 0 Å². The molecule has 0 heterocycles. The van der Waals surface area contributed by atoms with E-state index in [1.807, 2.05) is 6.92 Å². The summed E-state index contributed by atoms with van der Waals surface area (Å²) in [6, 6.07) is 0. The number of carbonyl (C=O) groups excluding carboxylic acids is 2. The second kappa shape index (κ2) is 8.34. The second-order valence-electron chi connectivity index (χ2n) is 4.83. The molecule has 0 saturated heterocycles. The molecule has 19 heavy (non-hydrogen) atoms. The third-order valence-corrected chi connectivity index (χ3v) is 1.81. The third kappa shape index (κ3) is 9.88. The van der Waals surface area contributed by atoms with Crippen molar-refractivity contribution in [2.45, 2.75) is 40.2 Å². The molecule has 0 aromatic carbocycles. The molecule has 1 amide bonds. The van der Waals surface area contributed by atoms with Gasteiger partial charge in [-0.25, -0.2) is 9.59 Å². The van der Waals surface area contributed by atoms with Crippen molar-refractivity contribution >= 4 is 12.1 Å². The van der Waals surface area contributed by atoms with Gasteiger partial charge in [0.05, 0.1) is 6.61 Å². The molecular weight excluding hydrogens is 246 g/mol. The number of amides is 1. The highest BCUT2D eigenvalue weighted by Crippen LogP contribution is 2.06. The van der Waals surface area contributed by atoms with Gasteiger partial charge in [0.2, 0.25) is 0 Å². The number of esters is 1. The van der Waals surface area contributed by atoms with E-state index in [-0.39, 0.29) is 6.54 Å². The number of alkyl carbamates (subject to hydrolysis) is 1. The number of nitrogens with one attached hydrogen (secondary N) is 1. The Morgan fingerprint density at radius 2 is 1.89 bits per heavy atom. The van der Waals surface area contributed by atoms with Crippen LogP contribution < -0.4 is 5.32 Å². The predicted molar refractivity (Wildman–Crippen MR) is 73.8 cm³/mol. The first-order valence-electron chi connectivity index (χ1n) is 6.25. The monoisotopic (exact) mass is 269 g/mol. The highest BCUT2D eigenvalue weighted by Gasteiger charge is 2.15. The third-order valence-electron chi connectivity index (χ3n) is 1.81. The maximum Gasteiger partial charge on any atom is 0.407 e. The molecule has 0 aliphatic carbocycles. The average Bonchev–Trinajstić information content (AvgIpc) is 2.24. The van der Waals surface area contributed by atoms with Crippen LogP contribution in [0.25, 0.3) is 0 Å². The molecule has 0 bridgehead atoms. The van der Waals surface area contributed by atoms with Crippen LogP contribution in [0, 0.1) is 0 Å². The van der Waals surface area contributed by atoms with Gasteiger partial charge < -0.3 is 14.8 Å². The number of carbonyl (C=O) groups is 2. The van der Waals surface area contributed by atoms with Gasteiger partial charge in [-0.2, -0.15) is 0 Å². The van der Waals surface area contributed by atoms with E-state index >= 15 is 0 Å². The van der Waals surface area contributed by atoms with Gasteiger partial charge in [0.1, 0.15) is 5.60 Å². The lowest BCUT2D eigenvalue weighted by Gasteiger charge is -2.19. The summed E-state index contributed by atoms with van der Waals surface area (Å²) in [7, 11) is 0. The van der Waals surface area contributed by atoms with E-state index < -0.39 is 17.7 Å². The Morgan fingerprint density at radius 3 is 2.37 bits per heavy atom. The molecule has 0 unspecified atom stereocenters. The average molecular weight is 269 g/mol. The molecule has 0 rings (SSSR count). The van der Waals surface area contributed by atoms with Crippen molar-refractivity contribution in [1.82, 2.24) is 5.32 Å². The van der Waals surface area contributed by atoms with Gasteiger partial charge >= 0.3 is 12.1 Å². The van der Waals surface area contributed by atoms with E-state index in [0.29, 0.717) is 12.2 Å². The highest BCUT2D eigenvalue weighted by molar-refractivity contribution is 5.83. The predicted octanol–water partition coefficient (Wildman–Crippen LogP) is 2.58. The van der Waals surface area contributed by atoms with Crippen LogP contribution in [0.5, 0.6) is 0 Å². The van der Waals surface area contributed by atoms with Gasteiger partial charge in [-0.3, -0.25) is 0 Å². The molecule has 1 N–H and O–H groups in total. The van der Waals surface area contributed by atoms with Gasteiger partial charge in [0, 0.05) is 12.6 Å². The minimum absolute atomic E-state index is 0.206. The van der Waals surface area contributed by atoms with E-state index in [1.165, 1.54) is 6.08 Å². The molecule has 0 aromatic rings. The molecule has 5 nitrogen and oxygen atoms in total. The molecule has 5 heteroatoms. The standard InChI is InChI=1S/C14H23NO4/c1-6-8-11(9-12(16)18-7-2)10-15-13(17)19-14(3,4)5/h6,8-9H,7,10H2,1-5H3,(H,15,17)/b8-6-,11-9-. The lowest BCUT2D eigenvalue weighted by molar-refractivity contribution is -0.137. The second-order valence-corrected chi connectivity index (χ2v) is 4.83. The first-order chi connectivity index (χ1) is 8.78. The van der Waals surface area contributed by atoms with E-state index in [0.717, 1.165) is 0 Å². The zero-order valence-electron chi connectivity index (χ0n) is 12.3. The first-order valence-corrected chi connectivity index (χ1v) is 6.25. The number of ether oxygens (including phenoxy) is 2. The quantitative estimate of drug-likeness (QED) is 0.473. The Kier molecular flexibility index (Phi) is 7.56. The number of hydrogen-bond acceptors (Lipinski definition) is 4. The van der Waals surface area contributed by atoms with Gasteiger partial charge in [-0.1, -0.05) is 12.2 Å². The van der Waals surface area contributed by atoms with Crippen LogP contribution >= 0.6 is 0 Å². The Hall–Kier alpha value is -1.78. The van der Waals surface area contributed by atoms with Crippen LogP contribution in [-0.2, 0) is 14.3 Å². The van der Waals surface area contributed by atoms with E-state index in [9.17, 15) is 9.59 Å². The van der Waals surface area contributed by atoms with Crippen molar-refractivity contribution in [2.75, 3.05) is 13.2 Å². The molecule has 0 aliphatic heterocycles. The van der Waals surface area contributed by atoms with E-state index in [4.69, 9.17) is 9.47 Å². The van der Waals surface area contributed by atoms with Gasteiger partial charge in [0.15, 0.2) is 0 Å². The smallest absolute Gasteiger partial charge is 0.407 e. The van der Waals surface area contributed by atoms with Crippen molar-refractivity contribution in [1.29, 1.82) is 0 Å². The zero-order chi connectivity index (χ0) is 14.9. The highest BCUT2D eigenvalue weighted by atomic mass is 16.6. The summed E-state index contributed by atoms with van der Waals surface area (Å²) in [5, 5.41) is 2.58. The number of rotatable bonds is 5. The van der Waals surface area contributed by atoms with E-state index in [2.05, 4.69) is 5.32 Å². The van der Waals surface area contributed by atoms with Crippen molar-refractivity contribution in [2.24, 2.45) is 0 Å². The molecule has 0 fully saturated rings. The van der Waals surface area contributed by atoms with E-state index in [1.54, 1.807) is 39.8 Å². The summed E-state index contributed by atoms with van der Waals surface area (Å²) in [5.74, 6) is -0.429. The lowest BCUT2D eigenvalue weighted by Crippen LogP contribution is -2.33. The van der Waals surface area contributed by atoms with Crippen LogP contribution in [0.3, 0.4) is 0 Å². The molecule has 0 radical (unpaired) electrons. The molecule has 0 atom stereocenters. The maximum absolute atomic E-state index is 11.5. The summed E-state index contributed by atoms with van der Waals surface area (Å²) in [4.78, 5) is 22.8. The number of allylic oxidation sites excluding steroid dienone is 1. The van der Waals surface area contributed by atoms with Crippen LogP contribution in [0.2, 0.25) is 0 Å². The van der Waals surface area contributed by atoms with Crippen molar-refractivity contribution in [3.63, 3.8) is 0 Å². The summed E-state index contributed by atoms with van der Waals surface area (Å²) < 4.78 is 9.91. The minimum atomic E-state index is -0.546. The molecule has 0 aromatic heterocycles. The Bertz CT molecular complexity index is 364. The summed E-state index contributed by atoms with van der Waals surface area (Å²) in [6.07, 6.45) is 4.34. The van der Waals surface area contributed by atoms with Gasteiger partial charge in [0.25, 0.3) is 0 Å². The molecule has 0 spiro atoms. The fraction of sp³-hybridized carbons (Fsp3) is 0.571. The van der Waals surface area contributed by atoms with Crippen LogP contribution in [0.4, 0.5) is 4.79 Å². The topological polar surface area (TPSA) is 64.6 Å². The molecule has 108 valence electrons. The maximum atomic E-state index is 11.5. The molecule has 0 saturated carbocycles. The minimum Gasteiger partial charge on any atom is -0.463 e. The summed E-state index contributed by atoms with van der Waals surface area (Å²) in [6.45, 7) is 9.44. The lowest BCUT2D eigenvalue weighted by atomic mass is 10.2. The van der Waals surface area contributed by atoms with Crippen LogP contribution in [0.1, 0.15) is 34.6 Å². The summed E-state index contributed by atoms with van der Waals surface area (Å²) >= 11 is 0. The SMILES string of the molecule is C/C=C\C(=C\C(=O)OCC)CNC(=O)OC(C)(C)C. The Labute approximate surface area is 114 Å². The Balaban J connectivity index is 4.45. The van der Waals surface area contributed by atoms with Crippen LogP contribution in [0.15, 0.2) is 23.8 Å². The largest absolute Gasteiger partial charge is 0.463 e. The fourth-order valence-corrected chi connectivity index (χ4v) is 1.20. The van der Waals surface area contributed by atoms with Gasteiger partial charge in [-0.05, 0) is 40.2 Å². The number of hydrogen-bond donors (Lipinski definition) is 1. The van der Waals surface area contributed by atoms with Crippen molar-refractivity contribution in [3.8, 4) is 0 Å². The van der Waals surface area contributed by atoms with Crippen molar-refractivity contribution in [3.05, 3.63) is 23.8 Å². The zero-order valence-corrected chi connectivity index (χ0v) is 12.3. The normalized spacial score (nSPS) is 12.4. The van der Waals surface area contributed by atoms with Crippen LogP contribution in [-0.4, -0.2) is 30.8 Å². The Morgan fingerprint density at radius 1 is 1.26 bits per heavy atom. The summed E-state index contributed by atoms with van der Waals surface area (Å²) in [5.41, 5.74) is 0.0993.